The summed E-state index contributed by atoms with van der Waals surface area (Å²) in [5.74, 6) is 2.09. The van der Waals surface area contributed by atoms with E-state index in [1.807, 2.05) is 24.3 Å². The van der Waals surface area contributed by atoms with Gasteiger partial charge in [0.1, 0.15) is 11.5 Å². The van der Waals surface area contributed by atoms with Gasteiger partial charge in [0.2, 0.25) is 0 Å². The van der Waals surface area contributed by atoms with Crippen molar-refractivity contribution in [3.05, 3.63) is 41.1 Å². The van der Waals surface area contributed by atoms with Crippen LogP contribution in [0.3, 0.4) is 0 Å². The lowest BCUT2D eigenvalue weighted by atomic mass is 10.3. The van der Waals surface area contributed by atoms with Crippen molar-refractivity contribution in [1.29, 1.82) is 0 Å². The molecule has 1 aromatic heterocycles. The minimum atomic E-state index is 0.487. The van der Waals surface area contributed by atoms with Crippen LogP contribution in [0.5, 0.6) is 17.2 Å². The van der Waals surface area contributed by atoms with E-state index in [4.69, 9.17) is 15.2 Å². The van der Waals surface area contributed by atoms with E-state index < -0.39 is 0 Å². The predicted octanol–water partition coefficient (Wildman–Crippen LogP) is 4.01. The van der Waals surface area contributed by atoms with Gasteiger partial charge in [0, 0.05) is 6.20 Å². The first-order chi connectivity index (χ1) is 9.20. The maximum absolute atomic E-state index is 5.82. The Labute approximate surface area is 120 Å². The SMILES string of the molecule is CCCOc1ccc(Oc2c(N)cncc2Br)cc1. The first-order valence-corrected chi connectivity index (χ1v) is 6.79. The van der Waals surface area contributed by atoms with Gasteiger partial charge >= 0.3 is 0 Å². The molecule has 0 aliphatic heterocycles. The van der Waals surface area contributed by atoms with Crippen LogP contribution in [0.4, 0.5) is 5.69 Å². The molecular formula is C14H15BrN2O2. The molecule has 0 bridgehead atoms. The monoisotopic (exact) mass is 322 g/mol. The minimum absolute atomic E-state index is 0.487. The molecule has 0 aliphatic rings. The molecule has 2 rings (SSSR count). The van der Waals surface area contributed by atoms with Gasteiger partial charge < -0.3 is 15.2 Å². The number of aromatic nitrogens is 1. The second-order valence-electron chi connectivity index (χ2n) is 3.96. The molecule has 1 heterocycles. The number of hydrogen-bond acceptors (Lipinski definition) is 4. The summed E-state index contributed by atoms with van der Waals surface area (Å²) < 4.78 is 12.0. The van der Waals surface area contributed by atoms with E-state index in [2.05, 4.69) is 27.8 Å². The van der Waals surface area contributed by atoms with Crippen LogP contribution in [-0.2, 0) is 0 Å². The molecule has 0 aliphatic carbocycles. The van der Waals surface area contributed by atoms with E-state index in [-0.39, 0.29) is 0 Å². The van der Waals surface area contributed by atoms with Gasteiger partial charge in [-0.3, -0.25) is 4.98 Å². The first kappa shape index (κ1) is 13.7. The number of halogens is 1. The highest BCUT2D eigenvalue weighted by Gasteiger charge is 2.07. The molecule has 0 saturated carbocycles. The number of anilines is 1. The fourth-order valence-electron chi connectivity index (χ4n) is 1.49. The molecule has 4 nitrogen and oxygen atoms in total. The van der Waals surface area contributed by atoms with Crippen molar-refractivity contribution in [2.75, 3.05) is 12.3 Å². The molecule has 0 unspecified atom stereocenters. The summed E-state index contributed by atoms with van der Waals surface area (Å²) in [6.07, 6.45) is 4.18. The summed E-state index contributed by atoms with van der Waals surface area (Å²) >= 11 is 3.36. The summed E-state index contributed by atoms with van der Waals surface area (Å²) in [4.78, 5) is 3.96. The number of nitrogen functional groups attached to an aromatic ring is 1. The van der Waals surface area contributed by atoms with E-state index in [9.17, 15) is 0 Å². The molecule has 100 valence electrons. The Morgan fingerprint density at radius 1 is 1.16 bits per heavy atom. The van der Waals surface area contributed by atoms with Crippen molar-refractivity contribution in [2.24, 2.45) is 0 Å². The molecule has 19 heavy (non-hydrogen) atoms. The molecule has 2 aromatic rings. The summed E-state index contributed by atoms with van der Waals surface area (Å²) in [6.45, 7) is 2.78. The van der Waals surface area contributed by atoms with Crippen LogP contribution in [-0.4, -0.2) is 11.6 Å². The maximum atomic E-state index is 5.82. The van der Waals surface area contributed by atoms with Crippen LogP contribution in [0, 0.1) is 0 Å². The molecular weight excluding hydrogens is 308 g/mol. The summed E-state index contributed by atoms with van der Waals surface area (Å²) in [7, 11) is 0. The van der Waals surface area contributed by atoms with Gasteiger partial charge in [-0.1, -0.05) is 6.92 Å². The van der Waals surface area contributed by atoms with Gasteiger partial charge in [-0.05, 0) is 46.6 Å². The third kappa shape index (κ3) is 3.61. The van der Waals surface area contributed by atoms with E-state index >= 15 is 0 Å². The summed E-state index contributed by atoms with van der Waals surface area (Å²) in [5, 5.41) is 0. The number of nitrogens with two attached hydrogens (primary N) is 1. The van der Waals surface area contributed by atoms with Crippen molar-refractivity contribution in [3.8, 4) is 17.2 Å². The summed E-state index contributed by atoms with van der Waals surface area (Å²) in [6, 6.07) is 7.43. The van der Waals surface area contributed by atoms with Crippen LogP contribution in [0.25, 0.3) is 0 Å². The topological polar surface area (TPSA) is 57.4 Å². The zero-order chi connectivity index (χ0) is 13.7. The quantitative estimate of drug-likeness (QED) is 0.903. The second-order valence-corrected chi connectivity index (χ2v) is 4.82. The van der Waals surface area contributed by atoms with Crippen molar-refractivity contribution in [3.63, 3.8) is 0 Å². The van der Waals surface area contributed by atoms with Gasteiger partial charge in [0.15, 0.2) is 5.75 Å². The number of pyridine rings is 1. The molecule has 0 atom stereocenters. The Morgan fingerprint density at radius 2 is 1.84 bits per heavy atom. The van der Waals surface area contributed by atoms with Crippen LogP contribution in [0.15, 0.2) is 41.1 Å². The zero-order valence-electron chi connectivity index (χ0n) is 10.6. The molecule has 0 spiro atoms. The average Bonchev–Trinajstić information content (AvgIpc) is 2.42. The molecule has 0 amide bonds. The van der Waals surface area contributed by atoms with Gasteiger partial charge in [-0.15, -0.1) is 0 Å². The van der Waals surface area contributed by atoms with Gasteiger partial charge in [0.25, 0.3) is 0 Å². The van der Waals surface area contributed by atoms with Crippen LogP contribution >= 0.6 is 15.9 Å². The number of benzene rings is 1. The van der Waals surface area contributed by atoms with E-state index in [1.165, 1.54) is 0 Å². The number of ether oxygens (including phenoxy) is 2. The predicted molar refractivity (Wildman–Crippen MR) is 78.7 cm³/mol. The van der Waals surface area contributed by atoms with Gasteiger partial charge in [0.05, 0.1) is 23.0 Å². The fourth-order valence-corrected chi connectivity index (χ4v) is 1.92. The van der Waals surface area contributed by atoms with Gasteiger partial charge in [-0.2, -0.15) is 0 Å². The van der Waals surface area contributed by atoms with Crippen LogP contribution < -0.4 is 15.2 Å². The normalized spacial score (nSPS) is 10.2. The van der Waals surface area contributed by atoms with Crippen molar-refractivity contribution in [2.45, 2.75) is 13.3 Å². The van der Waals surface area contributed by atoms with Crippen LogP contribution in [0.2, 0.25) is 0 Å². The Hall–Kier alpha value is -1.75. The Morgan fingerprint density at radius 3 is 2.47 bits per heavy atom. The number of hydrogen-bond donors (Lipinski definition) is 1. The zero-order valence-corrected chi connectivity index (χ0v) is 12.2. The fraction of sp³-hybridized carbons (Fsp3) is 0.214. The van der Waals surface area contributed by atoms with Crippen molar-refractivity contribution in [1.82, 2.24) is 4.98 Å². The highest BCUT2D eigenvalue weighted by atomic mass is 79.9. The number of nitrogens with zero attached hydrogens (tertiary/aromatic N) is 1. The number of rotatable bonds is 5. The standard InChI is InChI=1S/C14H15BrN2O2/c1-2-7-18-10-3-5-11(6-4-10)19-14-12(15)8-17-9-13(14)16/h3-6,8-9H,2,7,16H2,1H3. The van der Waals surface area contributed by atoms with Crippen LogP contribution in [0.1, 0.15) is 13.3 Å². The third-order valence-electron chi connectivity index (χ3n) is 2.40. The Bertz CT molecular complexity index is 523. The lowest BCUT2D eigenvalue weighted by Gasteiger charge is -2.10. The molecule has 0 fully saturated rings. The Balaban J connectivity index is 2.11. The molecule has 2 N–H and O–H groups in total. The van der Waals surface area contributed by atoms with E-state index in [1.54, 1.807) is 12.4 Å². The minimum Gasteiger partial charge on any atom is -0.494 e. The highest BCUT2D eigenvalue weighted by Crippen LogP contribution is 2.34. The lowest BCUT2D eigenvalue weighted by molar-refractivity contribution is 0.317. The third-order valence-corrected chi connectivity index (χ3v) is 2.96. The molecule has 5 heteroatoms. The average molecular weight is 323 g/mol. The van der Waals surface area contributed by atoms with Crippen molar-refractivity contribution < 1.29 is 9.47 Å². The first-order valence-electron chi connectivity index (χ1n) is 6.00. The van der Waals surface area contributed by atoms with E-state index in [0.29, 0.717) is 23.8 Å². The maximum Gasteiger partial charge on any atom is 0.167 e. The summed E-state index contributed by atoms with van der Waals surface area (Å²) in [5.41, 5.74) is 6.31. The van der Waals surface area contributed by atoms with Gasteiger partial charge in [-0.25, -0.2) is 0 Å². The highest BCUT2D eigenvalue weighted by molar-refractivity contribution is 9.10. The molecule has 0 radical (unpaired) electrons. The second kappa shape index (κ2) is 6.43. The Kier molecular flexibility index (Phi) is 4.63. The van der Waals surface area contributed by atoms with Crippen molar-refractivity contribution >= 4 is 21.6 Å². The molecule has 0 saturated heterocycles. The largest absolute Gasteiger partial charge is 0.494 e. The lowest BCUT2D eigenvalue weighted by Crippen LogP contribution is -1.96. The molecule has 1 aromatic carbocycles. The smallest absolute Gasteiger partial charge is 0.167 e. The van der Waals surface area contributed by atoms with E-state index in [0.717, 1.165) is 16.6 Å².